The van der Waals surface area contributed by atoms with Crippen LogP contribution in [-0.2, 0) is 13.6 Å². The average Bonchev–Trinajstić information content (AvgIpc) is 2.59. The van der Waals surface area contributed by atoms with Crippen molar-refractivity contribution in [3.8, 4) is 0 Å². The van der Waals surface area contributed by atoms with E-state index in [9.17, 15) is 0 Å². The molecule has 0 aliphatic rings. The monoisotopic (exact) mass is 231 g/mol. The van der Waals surface area contributed by atoms with Gasteiger partial charge in [0, 0.05) is 5.88 Å². The quantitative estimate of drug-likeness (QED) is 0.520. The third-order valence-electron chi connectivity index (χ3n) is 2.13. The summed E-state index contributed by atoms with van der Waals surface area (Å²) in [5.41, 5.74) is 0. The topological polar surface area (TPSA) is 46.8 Å². The summed E-state index contributed by atoms with van der Waals surface area (Å²) in [5, 5.41) is 11.9. The molecular formula is C9H18ClN5. The number of aryl methyl sites for hydroxylation is 1. The normalized spacial score (nSPS) is 11.2. The highest BCUT2D eigenvalue weighted by Crippen LogP contribution is 2.01. The maximum absolute atomic E-state index is 5.60. The van der Waals surface area contributed by atoms with Crippen molar-refractivity contribution < 1.29 is 0 Å². The van der Waals surface area contributed by atoms with Crippen molar-refractivity contribution in [1.82, 2.24) is 25.1 Å². The van der Waals surface area contributed by atoms with E-state index in [1.165, 1.54) is 17.6 Å². The molecule has 0 N–H and O–H groups in total. The summed E-state index contributed by atoms with van der Waals surface area (Å²) in [6, 6.07) is 0. The first-order valence-electron chi connectivity index (χ1n) is 5.19. The Morgan fingerprint density at radius 3 is 2.73 bits per heavy atom. The number of alkyl halides is 1. The maximum atomic E-state index is 5.60. The number of rotatable bonds is 7. The lowest BCUT2D eigenvalue weighted by molar-refractivity contribution is 0.310. The molecule has 1 aromatic rings. The second-order valence-electron chi connectivity index (χ2n) is 3.68. The fourth-order valence-corrected chi connectivity index (χ4v) is 1.55. The van der Waals surface area contributed by atoms with Gasteiger partial charge in [-0.2, -0.15) is 4.80 Å². The Labute approximate surface area is 95.4 Å². The number of aromatic nitrogens is 4. The van der Waals surface area contributed by atoms with Crippen LogP contribution in [0.2, 0.25) is 0 Å². The summed E-state index contributed by atoms with van der Waals surface area (Å²) >= 11 is 5.60. The van der Waals surface area contributed by atoms with Gasteiger partial charge in [-0.25, -0.2) is 0 Å². The average molecular weight is 232 g/mol. The molecular weight excluding hydrogens is 214 g/mol. The van der Waals surface area contributed by atoms with E-state index in [0.29, 0.717) is 0 Å². The lowest BCUT2D eigenvalue weighted by Crippen LogP contribution is -2.20. The molecule has 6 heteroatoms. The molecule has 1 rings (SSSR count). The van der Waals surface area contributed by atoms with Gasteiger partial charge in [0.2, 0.25) is 0 Å². The van der Waals surface area contributed by atoms with Crippen molar-refractivity contribution in [2.24, 2.45) is 7.05 Å². The molecule has 0 bridgehead atoms. The predicted octanol–water partition coefficient (Wildman–Crippen LogP) is 1.05. The smallest absolute Gasteiger partial charge is 0.188 e. The van der Waals surface area contributed by atoms with Gasteiger partial charge in [-0.3, -0.25) is 4.90 Å². The number of unbranched alkanes of at least 4 members (excludes halogenated alkanes) is 2. The lowest BCUT2D eigenvalue weighted by atomic mass is 10.2. The SMILES string of the molecule is CN(CCCCCCl)Cc1nnn(C)n1. The first kappa shape index (κ1) is 12.4. The van der Waals surface area contributed by atoms with Crippen LogP contribution >= 0.6 is 11.6 Å². The second kappa shape index (κ2) is 6.74. The third-order valence-corrected chi connectivity index (χ3v) is 2.40. The molecule has 0 aliphatic heterocycles. The zero-order valence-electron chi connectivity index (χ0n) is 9.36. The largest absolute Gasteiger partial charge is 0.299 e. The van der Waals surface area contributed by atoms with Crippen molar-refractivity contribution >= 4 is 11.6 Å². The molecule has 5 nitrogen and oxygen atoms in total. The molecule has 15 heavy (non-hydrogen) atoms. The Morgan fingerprint density at radius 2 is 2.13 bits per heavy atom. The molecule has 0 amide bonds. The predicted molar refractivity (Wildman–Crippen MR) is 59.7 cm³/mol. The summed E-state index contributed by atoms with van der Waals surface area (Å²) in [7, 11) is 3.84. The van der Waals surface area contributed by atoms with Crippen molar-refractivity contribution in [2.45, 2.75) is 25.8 Å². The molecule has 0 fully saturated rings. The molecule has 0 spiro atoms. The lowest BCUT2D eigenvalue weighted by Gasteiger charge is -2.13. The number of halogens is 1. The molecule has 0 aromatic carbocycles. The minimum absolute atomic E-state index is 0.759. The van der Waals surface area contributed by atoms with Gasteiger partial charge in [-0.15, -0.1) is 21.8 Å². The molecule has 0 saturated heterocycles. The fourth-order valence-electron chi connectivity index (χ4n) is 1.36. The minimum atomic E-state index is 0.759. The second-order valence-corrected chi connectivity index (χ2v) is 4.06. The zero-order valence-corrected chi connectivity index (χ0v) is 10.1. The van der Waals surface area contributed by atoms with E-state index in [1.54, 1.807) is 7.05 Å². The van der Waals surface area contributed by atoms with Crippen LogP contribution in [0.1, 0.15) is 25.1 Å². The first-order chi connectivity index (χ1) is 7.22. The molecule has 0 saturated carbocycles. The highest BCUT2D eigenvalue weighted by atomic mass is 35.5. The molecule has 0 radical (unpaired) electrons. The van der Waals surface area contributed by atoms with Crippen molar-refractivity contribution in [1.29, 1.82) is 0 Å². The Hall–Kier alpha value is -0.680. The zero-order chi connectivity index (χ0) is 11.1. The highest BCUT2D eigenvalue weighted by molar-refractivity contribution is 6.17. The summed E-state index contributed by atoms with van der Waals surface area (Å²) in [5.74, 6) is 1.53. The number of nitrogens with zero attached hydrogens (tertiary/aromatic N) is 5. The first-order valence-corrected chi connectivity index (χ1v) is 5.73. The third kappa shape index (κ3) is 5.09. The Kier molecular flexibility index (Phi) is 5.57. The fraction of sp³-hybridized carbons (Fsp3) is 0.889. The van der Waals surface area contributed by atoms with Crippen LogP contribution in [0.5, 0.6) is 0 Å². The van der Waals surface area contributed by atoms with Gasteiger partial charge >= 0.3 is 0 Å². The standard InChI is InChI=1S/C9H18ClN5/c1-14(7-5-3-4-6-10)8-9-11-13-15(2)12-9/h3-8H2,1-2H3. The van der Waals surface area contributed by atoms with Gasteiger partial charge in [0.15, 0.2) is 5.82 Å². The summed E-state index contributed by atoms with van der Waals surface area (Å²) in [6.07, 6.45) is 3.45. The van der Waals surface area contributed by atoms with Crippen molar-refractivity contribution in [2.75, 3.05) is 19.5 Å². The van der Waals surface area contributed by atoms with E-state index < -0.39 is 0 Å². The summed E-state index contributed by atoms with van der Waals surface area (Å²) < 4.78 is 0. The molecule has 1 aromatic heterocycles. The van der Waals surface area contributed by atoms with Crippen LogP contribution in [0.3, 0.4) is 0 Å². The van der Waals surface area contributed by atoms with E-state index >= 15 is 0 Å². The van der Waals surface area contributed by atoms with Crippen LogP contribution in [0.4, 0.5) is 0 Å². The Balaban J connectivity index is 2.15. The van der Waals surface area contributed by atoms with Crippen molar-refractivity contribution in [3.63, 3.8) is 0 Å². The van der Waals surface area contributed by atoms with Gasteiger partial charge in [0.05, 0.1) is 13.6 Å². The van der Waals surface area contributed by atoms with Gasteiger partial charge in [0.25, 0.3) is 0 Å². The van der Waals surface area contributed by atoms with Gasteiger partial charge in [-0.05, 0) is 31.6 Å². The van der Waals surface area contributed by atoms with Crippen LogP contribution < -0.4 is 0 Å². The summed E-state index contributed by atoms with van der Waals surface area (Å²) in [4.78, 5) is 3.68. The van der Waals surface area contributed by atoms with Gasteiger partial charge in [0.1, 0.15) is 0 Å². The highest BCUT2D eigenvalue weighted by Gasteiger charge is 2.04. The Bertz CT molecular complexity index is 275. The van der Waals surface area contributed by atoms with Crippen LogP contribution in [0.15, 0.2) is 0 Å². The van der Waals surface area contributed by atoms with E-state index in [1.807, 2.05) is 0 Å². The molecule has 0 aliphatic carbocycles. The maximum Gasteiger partial charge on any atom is 0.188 e. The molecule has 86 valence electrons. The van der Waals surface area contributed by atoms with Crippen molar-refractivity contribution in [3.05, 3.63) is 5.82 Å². The van der Waals surface area contributed by atoms with E-state index in [-0.39, 0.29) is 0 Å². The minimum Gasteiger partial charge on any atom is -0.299 e. The van der Waals surface area contributed by atoms with E-state index in [4.69, 9.17) is 11.6 Å². The Morgan fingerprint density at radius 1 is 1.33 bits per heavy atom. The van der Waals surface area contributed by atoms with E-state index in [2.05, 4.69) is 27.4 Å². The van der Waals surface area contributed by atoms with E-state index in [0.717, 1.165) is 31.2 Å². The molecule has 0 atom stereocenters. The van der Waals surface area contributed by atoms with Crippen LogP contribution in [0.25, 0.3) is 0 Å². The van der Waals surface area contributed by atoms with Gasteiger partial charge in [-0.1, -0.05) is 6.42 Å². The number of hydrogen-bond acceptors (Lipinski definition) is 4. The van der Waals surface area contributed by atoms with Crippen LogP contribution in [0, 0.1) is 0 Å². The summed E-state index contributed by atoms with van der Waals surface area (Å²) in [6.45, 7) is 1.81. The number of tetrazole rings is 1. The molecule has 1 heterocycles. The van der Waals surface area contributed by atoms with Crippen LogP contribution in [-0.4, -0.2) is 44.6 Å². The number of hydrogen-bond donors (Lipinski definition) is 0. The molecule has 0 unspecified atom stereocenters. The van der Waals surface area contributed by atoms with Gasteiger partial charge < -0.3 is 0 Å².